The maximum absolute atomic E-state index is 12.9. The van der Waals surface area contributed by atoms with Gasteiger partial charge in [0.2, 0.25) is 11.8 Å². The van der Waals surface area contributed by atoms with E-state index in [-0.39, 0.29) is 5.92 Å². The average molecular weight is 475 g/mol. The molecule has 0 saturated carbocycles. The summed E-state index contributed by atoms with van der Waals surface area (Å²) < 4.78 is 0. The van der Waals surface area contributed by atoms with Crippen molar-refractivity contribution in [1.82, 2.24) is 16.0 Å². The lowest BCUT2D eigenvalue weighted by molar-refractivity contribution is -0.147. The minimum atomic E-state index is -1.67. The molecule has 0 rings (SSSR count). The minimum absolute atomic E-state index is 0.146. The summed E-state index contributed by atoms with van der Waals surface area (Å²) in [6, 6.07) is -4.80. The minimum Gasteiger partial charge on any atom is -0.481 e. The molecule has 0 saturated heterocycles. The van der Waals surface area contributed by atoms with Gasteiger partial charge in [0.05, 0.1) is 6.42 Å². The zero-order chi connectivity index (χ0) is 26.0. The molecule has 0 bridgehead atoms. The first-order chi connectivity index (χ1) is 15.1. The topological polar surface area (TPSA) is 208 Å². The van der Waals surface area contributed by atoms with Crippen LogP contribution in [0.4, 0.5) is 0 Å². The molecule has 12 nitrogen and oxygen atoms in total. The fourth-order valence-corrected chi connectivity index (χ4v) is 3.06. The van der Waals surface area contributed by atoms with Gasteiger partial charge < -0.3 is 37.0 Å². The number of carboxylic acids is 2. The smallest absolute Gasteiger partial charge is 0.326 e. The van der Waals surface area contributed by atoms with Gasteiger partial charge in [0, 0.05) is 6.04 Å². The van der Waals surface area contributed by atoms with Crippen LogP contribution in [0.3, 0.4) is 0 Å². The molecule has 0 aromatic rings. The van der Waals surface area contributed by atoms with E-state index >= 15 is 0 Å². The van der Waals surface area contributed by atoms with Crippen molar-refractivity contribution in [3.8, 4) is 0 Å². The molecular weight excluding hydrogens is 436 g/mol. The SMILES string of the molecule is CC(C)C[C@@H](N)[C@H](O)C(=O)N[C@H](C(=O)N[C@@H](C(=O)N[C@H](CC(=O)O)C(=O)O)C(C)C)C(C)C. The second-order valence-electron chi connectivity index (χ2n) is 9.20. The number of hydrogen-bond donors (Lipinski definition) is 7. The largest absolute Gasteiger partial charge is 0.481 e. The molecule has 0 heterocycles. The Balaban J connectivity index is 5.41. The number of carboxylic acid groups (broad SMARTS) is 2. The van der Waals surface area contributed by atoms with Crippen molar-refractivity contribution < 1.29 is 39.3 Å². The Morgan fingerprint density at radius 1 is 0.758 bits per heavy atom. The van der Waals surface area contributed by atoms with Gasteiger partial charge >= 0.3 is 11.9 Å². The van der Waals surface area contributed by atoms with Crippen molar-refractivity contribution >= 4 is 29.7 Å². The number of rotatable bonds is 14. The van der Waals surface area contributed by atoms with Crippen LogP contribution in [-0.2, 0) is 24.0 Å². The molecule has 0 radical (unpaired) electrons. The first-order valence-electron chi connectivity index (χ1n) is 10.9. The standard InChI is InChI=1S/C21H38N4O8/c1-9(2)7-12(22)17(28)20(31)25-16(11(5)6)19(30)24-15(10(3)4)18(29)23-13(21(32)33)8-14(26)27/h9-13,15-17,28H,7-8,22H2,1-6H3,(H,23,29)(H,24,30)(H,25,31)(H,26,27)(H,32,33)/t12-,13-,15-,16+,17+/m1/s1. The monoisotopic (exact) mass is 474 g/mol. The third kappa shape index (κ3) is 10.6. The predicted octanol–water partition coefficient (Wildman–Crippen LogP) is -0.954. The second kappa shape index (κ2) is 13.7. The lowest BCUT2D eigenvalue weighted by Crippen LogP contribution is -2.60. The summed E-state index contributed by atoms with van der Waals surface area (Å²) in [5.41, 5.74) is 5.86. The highest BCUT2D eigenvalue weighted by atomic mass is 16.4. The number of aliphatic hydroxyl groups is 1. The molecule has 0 spiro atoms. The zero-order valence-electron chi connectivity index (χ0n) is 20.0. The van der Waals surface area contributed by atoms with Crippen LogP contribution < -0.4 is 21.7 Å². The highest BCUT2D eigenvalue weighted by Crippen LogP contribution is 2.10. The van der Waals surface area contributed by atoms with Crippen LogP contribution in [-0.4, -0.2) is 75.3 Å². The number of carbonyl (C=O) groups is 5. The van der Waals surface area contributed by atoms with Gasteiger partial charge in [-0.05, 0) is 24.2 Å². The molecular formula is C21H38N4O8. The Morgan fingerprint density at radius 2 is 1.18 bits per heavy atom. The Labute approximate surface area is 193 Å². The molecule has 0 aliphatic carbocycles. The fourth-order valence-electron chi connectivity index (χ4n) is 3.06. The van der Waals surface area contributed by atoms with Crippen molar-refractivity contribution in [3.05, 3.63) is 0 Å². The summed E-state index contributed by atoms with van der Waals surface area (Å²) in [5, 5.41) is 35.2. The lowest BCUT2D eigenvalue weighted by Gasteiger charge is -2.29. The molecule has 5 atom stereocenters. The summed E-state index contributed by atoms with van der Waals surface area (Å²) in [6.07, 6.45) is -1.97. The summed E-state index contributed by atoms with van der Waals surface area (Å²) in [6.45, 7) is 10.3. The maximum Gasteiger partial charge on any atom is 0.326 e. The molecule has 12 heteroatoms. The Morgan fingerprint density at radius 3 is 1.55 bits per heavy atom. The molecule has 0 aromatic carbocycles. The van der Waals surface area contributed by atoms with Crippen LogP contribution in [0.15, 0.2) is 0 Å². The first kappa shape index (κ1) is 30.3. The van der Waals surface area contributed by atoms with Crippen molar-refractivity contribution in [3.63, 3.8) is 0 Å². The van der Waals surface area contributed by atoms with Crippen LogP contribution in [0.2, 0.25) is 0 Å². The van der Waals surface area contributed by atoms with Crippen LogP contribution in [0.25, 0.3) is 0 Å². The van der Waals surface area contributed by atoms with Crippen LogP contribution in [0.1, 0.15) is 54.4 Å². The Kier molecular flexibility index (Phi) is 12.6. The van der Waals surface area contributed by atoms with E-state index in [1.807, 2.05) is 13.8 Å². The predicted molar refractivity (Wildman–Crippen MR) is 119 cm³/mol. The molecule has 0 aliphatic rings. The number of hydrogen-bond acceptors (Lipinski definition) is 7. The van der Waals surface area contributed by atoms with Gasteiger partial charge in [-0.1, -0.05) is 41.5 Å². The van der Waals surface area contributed by atoms with E-state index in [9.17, 15) is 29.1 Å². The maximum atomic E-state index is 12.9. The summed E-state index contributed by atoms with van der Waals surface area (Å²) in [4.78, 5) is 60.0. The van der Waals surface area contributed by atoms with Gasteiger partial charge in [-0.3, -0.25) is 19.2 Å². The van der Waals surface area contributed by atoms with E-state index in [0.717, 1.165) is 0 Å². The highest BCUT2D eigenvalue weighted by Gasteiger charge is 2.34. The molecule has 0 aromatic heterocycles. The average Bonchev–Trinajstić information content (AvgIpc) is 2.66. The molecule has 0 fully saturated rings. The molecule has 0 aliphatic heterocycles. The number of nitrogens with two attached hydrogens (primary N) is 1. The van der Waals surface area contributed by atoms with E-state index < -0.39 is 78.2 Å². The molecule has 8 N–H and O–H groups in total. The summed E-state index contributed by atoms with van der Waals surface area (Å²) in [5.74, 6) is -6.12. The van der Waals surface area contributed by atoms with Crippen LogP contribution >= 0.6 is 0 Å². The Bertz CT molecular complexity index is 710. The second-order valence-corrected chi connectivity index (χ2v) is 9.20. The number of amides is 3. The number of nitrogens with one attached hydrogen (secondary N) is 3. The van der Waals surface area contributed by atoms with Gasteiger partial charge in [-0.15, -0.1) is 0 Å². The quantitative estimate of drug-likeness (QED) is 0.165. The zero-order valence-corrected chi connectivity index (χ0v) is 20.0. The van der Waals surface area contributed by atoms with Crippen LogP contribution in [0, 0.1) is 17.8 Å². The number of aliphatic hydroxyl groups excluding tert-OH is 1. The fraction of sp³-hybridized carbons (Fsp3) is 0.762. The summed E-state index contributed by atoms with van der Waals surface area (Å²) in [7, 11) is 0. The summed E-state index contributed by atoms with van der Waals surface area (Å²) >= 11 is 0. The van der Waals surface area contributed by atoms with E-state index in [2.05, 4.69) is 16.0 Å². The third-order valence-electron chi connectivity index (χ3n) is 4.90. The Hall–Kier alpha value is -2.73. The van der Waals surface area contributed by atoms with Crippen molar-refractivity contribution in [2.45, 2.75) is 84.7 Å². The van der Waals surface area contributed by atoms with Gasteiger partial charge in [-0.25, -0.2) is 4.79 Å². The first-order valence-corrected chi connectivity index (χ1v) is 10.9. The van der Waals surface area contributed by atoms with E-state index in [4.69, 9.17) is 15.9 Å². The van der Waals surface area contributed by atoms with Gasteiger partial charge in [0.15, 0.2) is 0 Å². The van der Waals surface area contributed by atoms with Crippen molar-refractivity contribution in [2.24, 2.45) is 23.5 Å². The molecule has 190 valence electrons. The van der Waals surface area contributed by atoms with E-state index in [1.54, 1.807) is 27.7 Å². The third-order valence-corrected chi connectivity index (χ3v) is 4.90. The number of aliphatic carboxylic acids is 2. The number of carbonyl (C=O) groups excluding carboxylic acids is 3. The molecule has 3 amide bonds. The normalized spacial score (nSPS) is 16.0. The van der Waals surface area contributed by atoms with Gasteiger partial charge in [0.25, 0.3) is 5.91 Å². The lowest BCUT2D eigenvalue weighted by atomic mass is 9.97. The highest BCUT2D eigenvalue weighted by molar-refractivity contribution is 5.94. The molecule has 33 heavy (non-hydrogen) atoms. The van der Waals surface area contributed by atoms with E-state index in [1.165, 1.54) is 0 Å². The molecule has 0 unspecified atom stereocenters. The van der Waals surface area contributed by atoms with Gasteiger partial charge in [-0.2, -0.15) is 0 Å². The van der Waals surface area contributed by atoms with Gasteiger partial charge in [0.1, 0.15) is 24.2 Å². The van der Waals surface area contributed by atoms with Crippen LogP contribution in [0.5, 0.6) is 0 Å². The van der Waals surface area contributed by atoms with Crippen molar-refractivity contribution in [1.29, 1.82) is 0 Å². The van der Waals surface area contributed by atoms with E-state index in [0.29, 0.717) is 6.42 Å². The van der Waals surface area contributed by atoms with Crippen molar-refractivity contribution in [2.75, 3.05) is 0 Å².